The summed E-state index contributed by atoms with van der Waals surface area (Å²) in [6, 6.07) is 7.29. The van der Waals surface area contributed by atoms with Gasteiger partial charge in [0.1, 0.15) is 0 Å². The van der Waals surface area contributed by atoms with E-state index in [-0.39, 0.29) is 6.04 Å². The largest absolute Gasteiger partial charge is 0.324 e. The van der Waals surface area contributed by atoms with Crippen LogP contribution in [0.3, 0.4) is 0 Å². The second kappa shape index (κ2) is 5.44. The summed E-state index contributed by atoms with van der Waals surface area (Å²) in [6.07, 6.45) is 12.1. The highest BCUT2D eigenvalue weighted by Gasteiger charge is 2.22. The van der Waals surface area contributed by atoms with Gasteiger partial charge in [-0.3, -0.25) is 0 Å². The number of benzene rings is 1. The van der Waals surface area contributed by atoms with Gasteiger partial charge in [-0.2, -0.15) is 0 Å². The molecular weight excluding hydrogens is 218 g/mol. The fourth-order valence-electron chi connectivity index (χ4n) is 3.74. The van der Waals surface area contributed by atoms with Crippen LogP contribution in [0.4, 0.5) is 0 Å². The fourth-order valence-corrected chi connectivity index (χ4v) is 3.74. The Kier molecular flexibility index (Phi) is 3.69. The van der Waals surface area contributed by atoms with Crippen molar-refractivity contribution in [3.63, 3.8) is 0 Å². The molecule has 0 aliphatic heterocycles. The highest BCUT2D eigenvalue weighted by atomic mass is 14.7. The Balaban J connectivity index is 1.76. The molecule has 0 radical (unpaired) electrons. The minimum Gasteiger partial charge on any atom is -0.324 e. The van der Waals surface area contributed by atoms with Crippen LogP contribution < -0.4 is 5.73 Å². The van der Waals surface area contributed by atoms with Crippen LogP contribution in [0, 0.1) is 5.92 Å². The van der Waals surface area contributed by atoms with Gasteiger partial charge in [-0.05, 0) is 54.7 Å². The van der Waals surface area contributed by atoms with E-state index in [1.54, 1.807) is 11.1 Å². The summed E-state index contributed by atoms with van der Waals surface area (Å²) < 4.78 is 0. The van der Waals surface area contributed by atoms with Crippen molar-refractivity contribution >= 4 is 0 Å². The maximum absolute atomic E-state index is 6.53. The van der Waals surface area contributed by atoms with Crippen molar-refractivity contribution in [3.05, 3.63) is 34.9 Å². The molecular formula is C17H25N. The predicted octanol–water partition coefficient (Wildman–Crippen LogP) is 4.15. The smallest absolute Gasteiger partial charge is 0.0323 e. The molecule has 1 heteroatoms. The van der Waals surface area contributed by atoms with E-state index in [2.05, 4.69) is 18.2 Å². The third-order valence-electron chi connectivity index (χ3n) is 4.92. The van der Waals surface area contributed by atoms with Crippen molar-refractivity contribution in [1.29, 1.82) is 0 Å². The molecule has 2 aliphatic rings. The first-order valence-corrected chi connectivity index (χ1v) is 7.72. The molecule has 0 aromatic heterocycles. The molecule has 1 nitrogen and oxygen atoms in total. The Morgan fingerprint density at radius 1 is 0.889 bits per heavy atom. The molecule has 2 N–H and O–H groups in total. The third-order valence-corrected chi connectivity index (χ3v) is 4.92. The summed E-state index contributed by atoms with van der Waals surface area (Å²) in [4.78, 5) is 0. The number of hydrogen-bond acceptors (Lipinski definition) is 1. The summed E-state index contributed by atoms with van der Waals surface area (Å²) in [5, 5.41) is 0. The Bertz CT molecular complexity index is 402. The van der Waals surface area contributed by atoms with E-state index < -0.39 is 0 Å². The lowest BCUT2D eigenvalue weighted by Gasteiger charge is -2.23. The average Bonchev–Trinajstić information content (AvgIpc) is 2.69. The molecule has 0 heterocycles. The molecule has 18 heavy (non-hydrogen) atoms. The minimum absolute atomic E-state index is 0.272. The Morgan fingerprint density at radius 2 is 1.61 bits per heavy atom. The Hall–Kier alpha value is -0.820. The molecule has 1 atom stereocenters. The molecule has 98 valence electrons. The van der Waals surface area contributed by atoms with E-state index in [0.717, 1.165) is 0 Å². The Morgan fingerprint density at radius 3 is 2.39 bits per heavy atom. The molecule has 0 spiro atoms. The zero-order valence-corrected chi connectivity index (χ0v) is 11.3. The third kappa shape index (κ3) is 2.47. The predicted molar refractivity (Wildman–Crippen MR) is 76.6 cm³/mol. The molecule has 1 saturated carbocycles. The standard InChI is InChI=1S/C17H25N/c18-17(14-6-3-1-2-4-7-14)16-11-10-13-8-5-9-15(13)12-16/h10-12,14,17H,1-9,18H2. The number of rotatable bonds is 2. The van der Waals surface area contributed by atoms with Gasteiger partial charge in [-0.25, -0.2) is 0 Å². The van der Waals surface area contributed by atoms with Crippen molar-refractivity contribution in [3.8, 4) is 0 Å². The summed E-state index contributed by atoms with van der Waals surface area (Å²) in [6.45, 7) is 0. The van der Waals surface area contributed by atoms with Crippen molar-refractivity contribution < 1.29 is 0 Å². The van der Waals surface area contributed by atoms with Crippen LogP contribution in [-0.2, 0) is 12.8 Å². The second-order valence-corrected chi connectivity index (χ2v) is 6.16. The first-order chi connectivity index (χ1) is 8.84. The number of fused-ring (bicyclic) bond motifs is 1. The maximum atomic E-state index is 6.53. The van der Waals surface area contributed by atoms with E-state index in [1.165, 1.54) is 63.4 Å². The summed E-state index contributed by atoms with van der Waals surface area (Å²) in [7, 11) is 0. The van der Waals surface area contributed by atoms with Gasteiger partial charge in [0, 0.05) is 6.04 Å². The van der Waals surface area contributed by atoms with E-state index >= 15 is 0 Å². The molecule has 0 saturated heterocycles. The molecule has 3 rings (SSSR count). The van der Waals surface area contributed by atoms with Crippen molar-refractivity contribution in [2.45, 2.75) is 63.8 Å². The zero-order valence-electron chi connectivity index (χ0n) is 11.3. The monoisotopic (exact) mass is 243 g/mol. The molecule has 2 aliphatic carbocycles. The van der Waals surface area contributed by atoms with Crippen molar-refractivity contribution in [1.82, 2.24) is 0 Å². The molecule has 1 aromatic carbocycles. The normalized spacial score (nSPS) is 22.5. The van der Waals surface area contributed by atoms with E-state index in [4.69, 9.17) is 5.73 Å². The minimum atomic E-state index is 0.272. The lowest BCUT2D eigenvalue weighted by Crippen LogP contribution is -2.21. The van der Waals surface area contributed by atoms with Crippen LogP contribution in [-0.4, -0.2) is 0 Å². The van der Waals surface area contributed by atoms with Crippen LogP contribution in [0.1, 0.15) is 67.7 Å². The van der Waals surface area contributed by atoms with Crippen LogP contribution in [0.2, 0.25) is 0 Å². The molecule has 1 unspecified atom stereocenters. The van der Waals surface area contributed by atoms with Crippen LogP contribution in [0.25, 0.3) is 0 Å². The second-order valence-electron chi connectivity index (χ2n) is 6.16. The number of nitrogens with two attached hydrogens (primary N) is 1. The van der Waals surface area contributed by atoms with Gasteiger partial charge >= 0.3 is 0 Å². The Labute approximate surface area is 111 Å². The topological polar surface area (TPSA) is 26.0 Å². The van der Waals surface area contributed by atoms with Crippen LogP contribution in [0.15, 0.2) is 18.2 Å². The highest BCUT2D eigenvalue weighted by Crippen LogP contribution is 2.33. The number of aryl methyl sites for hydroxylation is 2. The molecule has 0 amide bonds. The van der Waals surface area contributed by atoms with Crippen LogP contribution >= 0.6 is 0 Å². The quantitative estimate of drug-likeness (QED) is 0.776. The lowest BCUT2D eigenvalue weighted by atomic mass is 9.87. The zero-order chi connectivity index (χ0) is 12.4. The van der Waals surface area contributed by atoms with Crippen molar-refractivity contribution in [2.75, 3.05) is 0 Å². The highest BCUT2D eigenvalue weighted by molar-refractivity contribution is 5.36. The van der Waals surface area contributed by atoms with Gasteiger partial charge in [-0.1, -0.05) is 43.9 Å². The van der Waals surface area contributed by atoms with Gasteiger partial charge in [0.25, 0.3) is 0 Å². The average molecular weight is 243 g/mol. The van der Waals surface area contributed by atoms with Crippen LogP contribution in [0.5, 0.6) is 0 Å². The molecule has 1 fully saturated rings. The van der Waals surface area contributed by atoms with E-state index in [9.17, 15) is 0 Å². The lowest BCUT2D eigenvalue weighted by molar-refractivity contribution is 0.382. The van der Waals surface area contributed by atoms with Gasteiger partial charge in [0.05, 0.1) is 0 Å². The molecule has 1 aromatic rings. The fraction of sp³-hybridized carbons (Fsp3) is 0.647. The van der Waals surface area contributed by atoms with Gasteiger partial charge in [0.2, 0.25) is 0 Å². The van der Waals surface area contributed by atoms with Gasteiger partial charge < -0.3 is 5.73 Å². The first-order valence-electron chi connectivity index (χ1n) is 7.72. The summed E-state index contributed by atoms with van der Waals surface area (Å²) in [5.41, 5.74) is 11.1. The van der Waals surface area contributed by atoms with Crippen molar-refractivity contribution in [2.24, 2.45) is 11.7 Å². The van der Waals surface area contributed by atoms with E-state index in [0.29, 0.717) is 5.92 Å². The SMILES string of the molecule is NC(c1ccc2c(c1)CCC2)C1CCCCCC1. The van der Waals surface area contributed by atoms with E-state index in [1.807, 2.05) is 0 Å². The van der Waals surface area contributed by atoms with Gasteiger partial charge in [-0.15, -0.1) is 0 Å². The molecule has 0 bridgehead atoms. The maximum Gasteiger partial charge on any atom is 0.0323 e. The summed E-state index contributed by atoms with van der Waals surface area (Å²) >= 11 is 0. The first kappa shape index (κ1) is 12.2. The van der Waals surface area contributed by atoms with Gasteiger partial charge in [0.15, 0.2) is 0 Å². The summed E-state index contributed by atoms with van der Waals surface area (Å²) in [5.74, 6) is 0.715. The number of hydrogen-bond donors (Lipinski definition) is 1.